The molecule has 0 spiro atoms. The number of aromatic nitrogens is 1. The SMILES string of the molecule is CN1CC[C@H]2CC[C@@H](C(=O)N[C@@H](CCC(N)=O)C(=O)N[C@H](C(=O)NCCCCCCC#Cc3cccc4c3CN(C3CCC(=O)NC3=O)C4=O)c3ccccc3)N2C(=O)[C@@H](NC(=O)c2cc3cc(C(F)(F)P(=O)(O)O)ccc3[nH]2)C1. The van der Waals surface area contributed by atoms with Crippen molar-refractivity contribution in [2.45, 2.75) is 126 Å². The number of unbranched alkanes of at least 4 members (excludes halogenated alkanes) is 4. The molecule has 424 valence electrons. The number of nitrogens with one attached hydrogen (secondary N) is 6. The lowest BCUT2D eigenvalue weighted by molar-refractivity contribution is -0.144. The lowest BCUT2D eigenvalue weighted by Gasteiger charge is -2.38. The summed E-state index contributed by atoms with van der Waals surface area (Å²) in [5.74, 6) is 1.05. The number of alkyl halides is 2. The molecule has 3 fully saturated rings. The van der Waals surface area contributed by atoms with E-state index in [0.717, 1.165) is 43.0 Å². The third-order valence-electron chi connectivity index (χ3n) is 14.9. The number of hydrogen-bond acceptors (Lipinski definition) is 11. The van der Waals surface area contributed by atoms with Crippen molar-refractivity contribution >= 4 is 71.7 Å². The van der Waals surface area contributed by atoms with Crippen LogP contribution in [0.25, 0.3) is 10.9 Å². The number of carbonyl (C=O) groups is 9. The molecule has 1 unspecified atom stereocenters. The molecule has 25 heteroatoms. The first-order chi connectivity index (χ1) is 38.1. The number of piperidine rings is 1. The number of carbonyl (C=O) groups excluding carboxylic acids is 9. The fourth-order valence-corrected chi connectivity index (χ4v) is 11.1. The number of hydrogen-bond donors (Lipinski definition) is 9. The lowest BCUT2D eigenvalue weighted by atomic mass is 10.0. The van der Waals surface area contributed by atoms with Crippen molar-refractivity contribution < 1.29 is 66.3 Å². The molecule has 0 bridgehead atoms. The second kappa shape index (κ2) is 25.1. The van der Waals surface area contributed by atoms with Gasteiger partial charge in [0.1, 0.15) is 35.9 Å². The molecule has 4 aliphatic heterocycles. The fraction of sp³-hybridized carbons (Fsp3) is 0.436. The highest BCUT2D eigenvalue weighted by Gasteiger charge is 2.51. The van der Waals surface area contributed by atoms with Crippen LogP contribution in [0.15, 0.2) is 72.8 Å². The average Bonchev–Trinajstić information content (AvgIpc) is 4.15. The van der Waals surface area contributed by atoms with E-state index in [1.807, 2.05) is 11.0 Å². The summed E-state index contributed by atoms with van der Waals surface area (Å²) in [5.41, 5.74) is 2.48. The molecule has 0 aliphatic carbocycles. The van der Waals surface area contributed by atoms with Crippen LogP contribution in [-0.4, -0.2) is 140 Å². The van der Waals surface area contributed by atoms with E-state index in [2.05, 4.69) is 43.4 Å². The second-order valence-corrected chi connectivity index (χ2v) is 22.2. The Morgan fingerprint density at radius 1 is 0.900 bits per heavy atom. The van der Waals surface area contributed by atoms with Gasteiger partial charge in [-0.3, -0.25) is 53.0 Å². The third-order valence-corrected chi connectivity index (χ3v) is 15.9. The standard InChI is InChI=1S/C55H63F2N10O12P/c1-65-27-25-36-18-21-44(67(36)54(76)42(31-65)62-49(71)41-29-34-28-35(17-19-39(34)60-41)55(56,57)80(77,78)79)51(73)61-40(20-23-45(58)68)48(70)64-47(33-13-8-6-9-14-33)52(74)59-26-10-5-3-2-4-7-12-32-15-11-16-37-38(32)30-66(53(37)75)43-22-24-46(69)63-50(43)72/h6,8-9,11,13-17,19,28-29,36,40,42-44,47,60H,2-5,10,18,20-27,30-31H2,1H3,(H2,58,68)(H,59,74)(H,61,73)(H,62,71)(H,64,70)(H,63,69,72)(H2,77,78,79)/t36-,40+,42+,43?,44+,47+/m1/s1. The number of rotatable bonds is 20. The average molecular weight is 1130 g/mol. The molecule has 4 aromatic rings. The molecule has 6 atom stereocenters. The molecule has 4 aliphatic rings. The van der Waals surface area contributed by atoms with Gasteiger partial charge in [-0.25, -0.2) is 0 Å². The van der Waals surface area contributed by atoms with Crippen LogP contribution >= 0.6 is 7.60 Å². The van der Waals surface area contributed by atoms with E-state index in [1.165, 1.54) is 15.9 Å². The van der Waals surface area contributed by atoms with Crippen molar-refractivity contribution in [3.63, 3.8) is 0 Å². The summed E-state index contributed by atoms with van der Waals surface area (Å²) in [6.07, 6.45) is 4.41. The molecule has 22 nitrogen and oxygen atoms in total. The number of imide groups is 1. The van der Waals surface area contributed by atoms with Crippen LogP contribution in [0.1, 0.15) is 126 Å². The molecule has 5 heterocycles. The van der Waals surface area contributed by atoms with E-state index in [-0.39, 0.29) is 80.1 Å². The van der Waals surface area contributed by atoms with Crippen LogP contribution in [0.2, 0.25) is 0 Å². The molecular formula is C55H63F2N10O12P. The van der Waals surface area contributed by atoms with Gasteiger partial charge in [0.2, 0.25) is 41.4 Å². The van der Waals surface area contributed by atoms with Crippen molar-refractivity contribution in [1.29, 1.82) is 0 Å². The first-order valence-corrected chi connectivity index (χ1v) is 28.1. The number of nitrogens with two attached hydrogens (primary N) is 1. The van der Waals surface area contributed by atoms with Gasteiger partial charge in [0.15, 0.2) is 0 Å². The number of fused-ring (bicyclic) bond motifs is 3. The van der Waals surface area contributed by atoms with Crippen LogP contribution in [0.5, 0.6) is 0 Å². The number of amides is 9. The highest BCUT2D eigenvalue weighted by Crippen LogP contribution is 2.59. The van der Waals surface area contributed by atoms with E-state index in [1.54, 1.807) is 49.5 Å². The Bertz CT molecular complexity index is 3200. The summed E-state index contributed by atoms with van der Waals surface area (Å²) >= 11 is 0. The minimum Gasteiger partial charge on any atom is -0.370 e. The lowest BCUT2D eigenvalue weighted by Crippen LogP contribution is -2.61. The molecule has 1 aromatic heterocycles. The normalized spacial score (nSPS) is 20.3. The molecule has 0 saturated carbocycles. The van der Waals surface area contributed by atoms with Gasteiger partial charge in [-0.15, -0.1) is 0 Å². The summed E-state index contributed by atoms with van der Waals surface area (Å²) in [6, 6.07) is 11.6. The maximum atomic E-state index is 14.5. The second-order valence-electron chi connectivity index (χ2n) is 20.5. The maximum Gasteiger partial charge on any atom is 0.399 e. The van der Waals surface area contributed by atoms with Crippen molar-refractivity contribution in [1.82, 2.24) is 46.3 Å². The van der Waals surface area contributed by atoms with E-state index in [4.69, 9.17) is 5.73 Å². The summed E-state index contributed by atoms with van der Waals surface area (Å²) in [5, 5.41) is 13.4. The predicted molar refractivity (Wildman–Crippen MR) is 284 cm³/mol. The summed E-state index contributed by atoms with van der Waals surface area (Å²) < 4.78 is 40.6. The Labute approximate surface area is 458 Å². The van der Waals surface area contributed by atoms with Crippen LogP contribution < -0.4 is 32.3 Å². The van der Waals surface area contributed by atoms with Gasteiger partial charge in [0, 0.05) is 72.5 Å². The quantitative estimate of drug-likeness (QED) is 0.0267. The van der Waals surface area contributed by atoms with Gasteiger partial charge in [-0.2, -0.15) is 8.78 Å². The molecule has 8 rings (SSSR count). The van der Waals surface area contributed by atoms with E-state index < -0.39 is 96.4 Å². The van der Waals surface area contributed by atoms with Gasteiger partial charge in [0.25, 0.3) is 11.8 Å². The van der Waals surface area contributed by atoms with Crippen molar-refractivity contribution in [2.24, 2.45) is 5.73 Å². The van der Waals surface area contributed by atoms with E-state index in [9.17, 15) is 66.3 Å². The number of benzene rings is 3. The first kappa shape index (κ1) is 58.3. The number of primary amides is 1. The minimum absolute atomic E-state index is 0.0171. The predicted octanol–water partition coefficient (Wildman–Crippen LogP) is 2.68. The molecule has 80 heavy (non-hydrogen) atoms. The van der Waals surface area contributed by atoms with Crippen LogP contribution in [-0.2, 0) is 50.3 Å². The van der Waals surface area contributed by atoms with Crippen LogP contribution in [0.4, 0.5) is 8.78 Å². The largest absolute Gasteiger partial charge is 0.399 e. The highest BCUT2D eigenvalue weighted by molar-refractivity contribution is 7.52. The smallest absolute Gasteiger partial charge is 0.370 e. The number of H-pyrrole nitrogens is 1. The van der Waals surface area contributed by atoms with Gasteiger partial charge < -0.3 is 56.5 Å². The van der Waals surface area contributed by atoms with Crippen molar-refractivity contribution in [3.8, 4) is 11.8 Å². The Morgan fingerprint density at radius 3 is 2.40 bits per heavy atom. The van der Waals surface area contributed by atoms with Crippen LogP contribution in [0.3, 0.4) is 0 Å². The Morgan fingerprint density at radius 2 is 1.66 bits per heavy atom. The number of aromatic amines is 1. The maximum absolute atomic E-state index is 14.5. The molecular weight excluding hydrogens is 1060 g/mol. The molecule has 9 amide bonds. The third kappa shape index (κ3) is 13.4. The molecule has 10 N–H and O–H groups in total. The fourth-order valence-electron chi connectivity index (χ4n) is 10.6. The molecule has 3 saturated heterocycles. The van der Waals surface area contributed by atoms with Gasteiger partial charge >= 0.3 is 13.3 Å². The summed E-state index contributed by atoms with van der Waals surface area (Å²) in [4.78, 5) is 146. The monoisotopic (exact) mass is 1120 g/mol. The number of nitrogens with zero attached hydrogens (tertiary/aromatic N) is 3. The Hall–Kier alpha value is -7.84. The molecule has 3 aromatic carbocycles. The Balaban J connectivity index is 0.858. The van der Waals surface area contributed by atoms with E-state index >= 15 is 0 Å². The topological polar surface area (TPSA) is 323 Å². The zero-order chi connectivity index (χ0) is 57.5. The zero-order valence-corrected chi connectivity index (χ0v) is 44.7. The zero-order valence-electron chi connectivity index (χ0n) is 43.8. The van der Waals surface area contributed by atoms with Crippen LogP contribution in [0, 0.1) is 11.8 Å². The summed E-state index contributed by atoms with van der Waals surface area (Å²) in [7, 11) is -4.12. The number of halogens is 2. The van der Waals surface area contributed by atoms with Gasteiger partial charge in [0.05, 0.1) is 0 Å². The molecule has 0 radical (unpaired) electrons. The Kier molecular flexibility index (Phi) is 18.3. The number of likely N-dealkylation sites (N-methyl/N-ethyl adjacent to an activating group) is 1. The highest BCUT2D eigenvalue weighted by atomic mass is 31.2. The van der Waals surface area contributed by atoms with Gasteiger partial charge in [-0.05, 0) is 100.0 Å². The van der Waals surface area contributed by atoms with Crippen molar-refractivity contribution in [3.05, 3.63) is 106 Å². The van der Waals surface area contributed by atoms with Gasteiger partial charge in [-0.1, -0.05) is 67.1 Å². The summed E-state index contributed by atoms with van der Waals surface area (Å²) in [6.45, 7) is 0.987. The first-order valence-electron chi connectivity index (χ1n) is 26.5. The van der Waals surface area contributed by atoms with Crippen molar-refractivity contribution in [2.75, 3.05) is 26.7 Å². The minimum atomic E-state index is -5.88. The van der Waals surface area contributed by atoms with E-state index in [0.29, 0.717) is 48.9 Å².